The zero-order chi connectivity index (χ0) is 14.5. The molecule has 1 unspecified atom stereocenters. The molecule has 1 N–H and O–H groups in total. The van der Waals surface area contributed by atoms with E-state index in [0.29, 0.717) is 16.6 Å². The maximum absolute atomic E-state index is 11.7. The van der Waals surface area contributed by atoms with Crippen molar-refractivity contribution in [1.82, 2.24) is 25.5 Å². The summed E-state index contributed by atoms with van der Waals surface area (Å²) in [5.41, 5.74) is 0.832. The van der Waals surface area contributed by atoms with Crippen LogP contribution in [-0.4, -0.2) is 32.7 Å². The number of halogens is 2. The SMILES string of the molecule is CC(CNC(=O)Cn1cnnn1)c1c(Cl)cccc1Cl. The lowest BCUT2D eigenvalue weighted by Crippen LogP contribution is -2.31. The minimum absolute atomic E-state index is 0.00835. The average molecular weight is 314 g/mol. The molecule has 0 aliphatic carbocycles. The van der Waals surface area contributed by atoms with Crippen molar-refractivity contribution in [2.45, 2.75) is 19.4 Å². The lowest BCUT2D eigenvalue weighted by atomic mass is 10.0. The summed E-state index contributed by atoms with van der Waals surface area (Å²) in [7, 11) is 0. The second kappa shape index (κ2) is 6.67. The molecule has 0 aliphatic heterocycles. The molecule has 1 aromatic heterocycles. The van der Waals surface area contributed by atoms with Crippen LogP contribution in [0, 0.1) is 0 Å². The zero-order valence-electron chi connectivity index (χ0n) is 10.8. The normalized spacial score (nSPS) is 12.2. The predicted octanol–water partition coefficient (Wildman–Crippen LogP) is 1.90. The Balaban J connectivity index is 1.92. The molecule has 1 amide bonds. The summed E-state index contributed by atoms with van der Waals surface area (Å²) in [6, 6.07) is 5.35. The van der Waals surface area contributed by atoms with Gasteiger partial charge in [0, 0.05) is 22.5 Å². The molecular formula is C12H13Cl2N5O. The van der Waals surface area contributed by atoms with Gasteiger partial charge in [-0.25, -0.2) is 4.68 Å². The highest BCUT2D eigenvalue weighted by Crippen LogP contribution is 2.30. The third kappa shape index (κ3) is 3.68. The number of rotatable bonds is 5. The number of aromatic nitrogens is 4. The Bertz CT molecular complexity index is 567. The topological polar surface area (TPSA) is 72.7 Å². The summed E-state index contributed by atoms with van der Waals surface area (Å²) in [6.45, 7) is 2.46. The minimum Gasteiger partial charge on any atom is -0.354 e. The molecular weight excluding hydrogens is 301 g/mol. The monoisotopic (exact) mass is 313 g/mol. The molecule has 6 nitrogen and oxygen atoms in total. The fourth-order valence-corrected chi connectivity index (χ4v) is 2.58. The van der Waals surface area contributed by atoms with E-state index in [2.05, 4.69) is 20.8 Å². The van der Waals surface area contributed by atoms with E-state index >= 15 is 0 Å². The van der Waals surface area contributed by atoms with Crippen LogP contribution in [0.1, 0.15) is 18.4 Å². The fraction of sp³-hybridized carbons (Fsp3) is 0.333. The second-order valence-electron chi connectivity index (χ2n) is 4.35. The van der Waals surface area contributed by atoms with Crippen LogP contribution in [0.5, 0.6) is 0 Å². The third-order valence-electron chi connectivity index (χ3n) is 2.79. The lowest BCUT2D eigenvalue weighted by Gasteiger charge is -2.16. The first-order chi connectivity index (χ1) is 9.58. The summed E-state index contributed by atoms with van der Waals surface area (Å²) >= 11 is 12.3. The van der Waals surface area contributed by atoms with Crippen LogP contribution in [0.4, 0.5) is 0 Å². The van der Waals surface area contributed by atoms with E-state index in [1.54, 1.807) is 18.2 Å². The van der Waals surface area contributed by atoms with E-state index in [-0.39, 0.29) is 18.4 Å². The number of tetrazole rings is 1. The van der Waals surface area contributed by atoms with Gasteiger partial charge in [-0.2, -0.15) is 0 Å². The molecule has 0 spiro atoms. The van der Waals surface area contributed by atoms with E-state index in [9.17, 15) is 4.79 Å². The molecule has 8 heteroatoms. The number of benzene rings is 1. The Labute approximate surface area is 126 Å². The number of nitrogens with one attached hydrogen (secondary N) is 1. The third-order valence-corrected chi connectivity index (χ3v) is 3.45. The Morgan fingerprint density at radius 3 is 2.70 bits per heavy atom. The molecule has 2 aromatic rings. The minimum atomic E-state index is -0.174. The maximum atomic E-state index is 11.7. The van der Waals surface area contributed by atoms with E-state index < -0.39 is 0 Å². The van der Waals surface area contributed by atoms with Crippen LogP contribution in [0.25, 0.3) is 0 Å². The number of amides is 1. The highest BCUT2D eigenvalue weighted by atomic mass is 35.5. The predicted molar refractivity (Wildman–Crippen MR) is 75.7 cm³/mol. The number of hydrogen-bond donors (Lipinski definition) is 1. The molecule has 0 aliphatic rings. The van der Waals surface area contributed by atoms with Gasteiger partial charge >= 0.3 is 0 Å². The largest absolute Gasteiger partial charge is 0.354 e. The smallest absolute Gasteiger partial charge is 0.241 e. The van der Waals surface area contributed by atoms with Crippen molar-refractivity contribution < 1.29 is 4.79 Å². The van der Waals surface area contributed by atoms with Gasteiger partial charge in [-0.15, -0.1) is 5.10 Å². The molecule has 1 aromatic carbocycles. The first-order valence-corrected chi connectivity index (χ1v) is 6.75. The Morgan fingerprint density at radius 1 is 1.40 bits per heavy atom. The average Bonchev–Trinajstić information content (AvgIpc) is 2.89. The quantitative estimate of drug-likeness (QED) is 0.915. The van der Waals surface area contributed by atoms with Gasteiger partial charge < -0.3 is 5.32 Å². The number of carbonyl (C=O) groups is 1. The highest BCUT2D eigenvalue weighted by Gasteiger charge is 2.14. The molecule has 1 heterocycles. The standard InChI is InChI=1S/C12H13Cl2N5O/c1-8(12-9(13)3-2-4-10(12)14)5-15-11(20)6-19-7-16-17-18-19/h2-4,7-8H,5-6H2,1H3,(H,15,20). The molecule has 106 valence electrons. The first kappa shape index (κ1) is 14.7. The number of nitrogens with zero attached hydrogens (tertiary/aromatic N) is 4. The Hall–Kier alpha value is -1.66. The summed E-state index contributed by atoms with van der Waals surface area (Å²) in [4.78, 5) is 11.7. The Kier molecular flexibility index (Phi) is 4.92. The van der Waals surface area contributed by atoms with E-state index in [1.807, 2.05) is 6.92 Å². The molecule has 2 rings (SSSR count). The van der Waals surface area contributed by atoms with Gasteiger partial charge in [0.05, 0.1) is 0 Å². The molecule has 0 saturated carbocycles. The van der Waals surface area contributed by atoms with Gasteiger partial charge in [-0.3, -0.25) is 4.79 Å². The summed E-state index contributed by atoms with van der Waals surface area (Å²) in [5.74, 6) is -0.165. The van der Waals surface area contributed by atoms with Crippen molar-refractivity contribution in [3.8, 4) is 0 Å². The molecule has 0 radical (unpaired) electrons. The van der Waals surface area contributed by atoms with Crippen molar-refractivity contribution in [3.63, 3.8) is 0 Å². The van der Waals surface area contributed by atoms with Gasteiger partial charge in [-0.05, 0) is 28.1 Å². The van der Waals surface area contributed by atoms with Gasteiger partial charge in [0.1, 0.15) is 12.9 Å². The van der Waals surface area contributed by atoms with Crippen molar-refractivity contribution in [1.29, 1.82) is 0 Å². The van der Waals surface area contributed by atoms with E-state index in [4.69, 9.17) is 23.2 Å². The van der Waals surface area contributed by atoms with Crippen LogP contribution >= 0.6 is 23.2 Å². The Morgan fingerprint density at radius 2 is 2.10 bits per heavy atom. The molecule has 0 saturated heterocycles. The zero-order valence-corrected chi connectivity index (χ0v) is 12.3. The van der Waals surface area contributed by atoms with Crippen molar-refractivity contribution in [3.05, 3.63) is 40.1 Å². The van der Waals surface area contributed by atoms with Crippen LogP contribution in [0.15, 0.2) is 24.5 Å². The second-order valence-corrected chi connectivity index (χ2v) is 5.16. The van der Waals surface area contributed by atoms with Gasteiger partial charge in [0.15, 0.2) is 0 Å². The summed E-state index contributed by atoms with van der Waals surface area (Å²) in [5, 5.41) is 14.5. The molecule has 1 atom stereocenters. The van der Waals surface area contributed by atoms with Crippen LogP contribution in [0.3, 0.4) is 0 Å². The van der Waals surface area contributed by atoms with E-state index in [1.165, 1.54) is 11.0 Å². The highest BCUT2D eigenvalue weighted by molar-refractivity contribution is 6.36. The number of carbonyl (C=O) groups excluding carboxylic acids is 1. The molecule has 20 heavy (non-hydrogen) atoms. The van der Waals surface area contributed by atoms with Crippen LogP contribution in [0.2, 0.25) is 10.0 Å². The molecule has 0 bridgehead atoms. The first-order valence-electron chi connectivity index (χ1n) is 5.99. The van der Waals surface area contributed by atoms with Crippen molar-refractivity contribution in [2.75, 3.05) is 6.54 Å². The fourth-order valence-electron chi connectivity index (χ4n) is 1.81. The van der Waals surface area contributed by atoms with Crippen molar-refractivity contribution >= 4 is 29.1 Å². The van der Waals surface area contributed by atoms with Crippen LogP contribution in [-0.2, 0) is 11.3 Å². The van der Waals surface area contributed by atoms with Gasteiger partial charge in [-0.1, -0.05) is 36.2 Å². The summed E-state index contributed by atoms with van der Waals surface area (Å²) in [6.07, 6.45) is 1.38. The summed E-state index contributed by atoms with van der Waals surface area (Å²) < 4.78 is 1.35. The van der Waals surface area contributed by atoms with Gasteiger partial charge in [0.2, 0.25) is 5.91 Å². The van der Waals surface area contributed by atoms with Crippen LogP contribution < -0.4 is 5.32 Å². The van der Waals surface area contributed by atoms with Crippen molar-refractivity contribution in [2.24, 2.45) is 0 Å². The lowest BCUT2D eigenvalue weighted by molar-refractivity contribution is -0.121. The maximum Gasteiger partial charge on any atom is 0.241 e. The molecule has 0 fully saturated rings. The number of hydrogen-bond acceptors (Lipinski definition) is 4. The van der Waals surface area contributed by atoms with Gasteiger partial charge in [0.25, 0.3) is 0 Å². The van der Waals surface area contributed by atoms with E-state index in [0.717, 1.165) is 5.56 Å².